The fourth-order valence-corrected chi connectivity index (χ4v) is 5.43. The molecule has 0 unspecified atom stereocenters. The molecule has 12 nitrogen and oxygen atoms in total. The molecule has 0 radical (unpaired) electrons. The number of nitrogens with one attached hydrogen (secondary N) is 1. The van der Waals surface area contributed by atoms with Gasteiger partial charge in [-0.2, -0.15) is 8.78 Å². The van der Waals surface area contributed by atoms with Gasteiger partial charge in [-0.1, -0.05) is 48.5 Å². The maximum atomic E-state index is 13.6. The number of esters is 1. The molecule has 0 aromatic heterocycles. The number of fused-ring (bicyclic) bond motifs is 3. The molecule has 0 fully saturated rings. The Kier molecular flexibility index (Phi) is 19.9. The number of halogens is 5. The summed E-state index contributed by atoms with van der Waals surface area (Å²) in [4.78, 5) is 23.9. The number of alkyl carbamates (subject to hydrolysis) is 1. The van der Waals surface area contributed by atoms with Gasteiger partial charge in [-0.25, -0.2) is 18.0 Å². The smallest absolute Gasteiger partial charge is 0.407 e. The highest BCUT2D eigenvalue weighted by atomic mass is 19.2. The van der Waals surface area contributed by atoms with Crippen LogP contribution in [0, 0.1) is 29.1 Å². The van der Waals surface area contributed by atoms with Gasteiger partial charge >= 0.3 is 12.1 Å². The topological polar surface area (TPSA) is 129 Å². The van der Waals surface area contributed by atoms with Crippen LogP contribution in [0.15, 0.2) is 48.5 Å². The van der Waals surface area contributed by atoms with E-state index in [9.17, 15) is 31.5 Å². The van der Waals surface area contributed by atoms with E-state index in [1.807, 2.05) is 24.3 Å². The van der Waals surface area contributed by atoms with Crippen molar-refractivity contribution < 1.29 is 74.2 Å². The van der Waals surface area contributed by atoms with Gasteiger partial charge < -0.3 is 47.9 Å². The van der Waals surface area contributed by atoms with Gasteiger partial charge in [-0.15, -0.1) is 0 Å². The molecule has 308 valence electrons. The summed E-state index contributed by atoms with van der Waals surface area (Å²) >= 11 is 0. The summed E-state index contributed by atoms with van der Waals surface area (Å²) < 4.78 is 114. The van der Waals surface area contributed by atoms with Gasteiger partial charge in [-0.3, -0.25) is 4.79 Å². The van der Waals surface area contributed by atoms with E-state index >= 15 is 0 Å². The van der Waals surface area contributed by atoms with Crippen molar-refractivity contribution in [2.75, 3.05) is 106 Å². The Bertz CT molecular complexity index is 1590. The molecule has 0 saturated heterocycles. The van der Waals surface area contributed by atoms with Crippen molar-refractivity contribution >= 4 is 12.1 Å². The molecule has 1 N–H and O–H groups in total. The van der Waals surface area contributed by atoms with Crippen molar-refractivity contribution in [3.63, 3.8) is 0 Å². The minimum Gasteiger partial charge on any atom is -0.449 e. The van der Waals surface area contributed by atoms with Crippen molar-refractivity contribution in [3.05, 3.63) is 88.7 Å². The van der Waals surface area contributed by atoms with Crippen LogP contribution in [-0.2, 0) is 42.7 Å². The van der Waals surface area contributed by atoms with E-state index in [2.05, 4.69) is 34.3 Å². The largest absolute Gasteiger partial charge is 0.449 e. The Hall–Kier alpha value is -4.23. The van der Waals surface area contributed by atoms with Crippen LogP contribution in [0.3, 0.4) is 0 Å². The molecular formula is C39H46F5NO11. The Morgan fingerprint density at radius 2 is 0.911 bits per heavy atom. The zero-order chi connectivity index (χ0) is 40.0. The number of amides is 1. The predicted octanol–water partition coefficient (Wildman–Crippen LogP) is 5.72. The molecule has 0 saturated carbocycles. The quantitative estimate of drug-likeness (QED) is 0.0242. The summed E-state index contributed by atoms with van der Waals surface area (Å²) in [5, 5.41) is 2.77. The van der Waals surface area contributed by atoms with E-state index in [0.717, 1.165) is 0 Å². The summed E-state index contributed by atoms with van der Waals surface area (Å²) in [6.07, 6.45) is -0.297. The van der Waals surface area contributed by atoms with Crippen LogP contribution < -0.4 is 10.1 Å². The van der Waals surface area contributed by atoms with Gasteiger partial charge in [0.2, 0.25) is 34.8 Å². The molecule has 0 spiro atoms. The second-order valence-corrected chi connectivity index (χ2v) is 12.0. The van der Waals surface area contributed by atoms with Gasteiger partial charge in [0.1, 0.15) is 6.61 Å². The Morgan fingerprint density at radius 1 is 0.518 bits per heavy atom. The highest BCUT2D eigenvalue weighted by Gasteiger charge is 2.30. The van der Waals surface area contributed by atoms with Crippen molar-refractivity contribution in [1.29, 1.82) is 0 Å². The molecule has 0 heterocycles. The average Bonchev–Trinajstić information content (AvgIpc) is 3.53. The molecule has 4 rings (SSSR count). The van der Waals surface area contributed by atoms with Crippen molar-refractivity contribution in [3.8, 4) is 16.9 Å². The molecule has 1 aliphatic rings. The number of carbonyl (C=O) groups is 2. The zero-order valence-electron chi connectivity index (χ0n) is 30.8. The highest BCUT2D eigenvalue weighted by Crippen LogP contribution is 2.44. The third-order valence-corrected chi connectivity index (χ3v) is 8.15. The number of carbonyl (C=O) groups excluding carboxylic acids is 2. The van der Waals surface area contributed by atoms with Crippen LogP contribution in [-0.4, -0.2) is 118 Å². The first-order chi connectivity index (χ1) is 27.3. The highest BCUT2D eigenvalue weighted by molar-refractivity contribution is 5.79. The lowest BCUT2D eigenvalue weighted by Gasteiger charge is -2.14. The lowest BCUT2D eigenvalue weighted by molar-refractivity contribution is -0.136. The molecule has 3 aromatic rings. The van der Waals surface area contributed by atoms with Crippen molar-refractivity contribution in [2.24, 2.45) is 0 Å². The van der Waals surface area contributed by atoms with Crippen LogP contribution >= 0.6 is 0 Å². The molecule has 0 bridgehead atoms. The van der Waals surface area contributed by atoms with E-state index in [-0.39, 0.29) is 39.0 Å². The predicted molar refractivity (Wildman–Crippen MR) is 190 cm³/mol. The van der Waals surface area contributed by atoms with Gasteiger partial charge in [0.15, 0.2) is 0 Å². The molecule has 56 heavy (non-hydrogen) atoms. The summed E-state index contributed by atoms with van der Waals surface area (Å²) in [5.74, 6) is -14.1. The third-order valence-electron chi connectivity index (χ3n) is 8.15. The summed E-state index contributed by atoms with van der Waals surface area (Å²) in [7, 11) is 0. The number of hydrogen-bond donors (Lipinski definition) is 1. The maximum absolute atomic E-state index is 13.6. The van der Waals surface area contributed by atoms with Crippen LogP contribution in [0.1, 0.15) is 29.9 Å². The Labute approximate surface area is 321 Å². The zero-order valence-corrected chi connectivity index (χ0v) is 30.8. The second kappa shape index (κ2) is 25.1. The minimum atomic E-state index is -2.35. The van der Waals surface area contributed by atoms with Crippen LogP contribution in [0.5, 0.6) is 5.75 Å². The first-order valence-electron chi connectivity index (χ1n) is 18.1. The minimum absolute atomic E-state index is 0.0210. The van der Waals surface area contributed by atoms with Crippen molar-refractivity contribution in [2.45, 2.75) is 18.8 Å². The molecular weight excluding hydrogens is 753 g/mol. The van der Waals surface area contributed by atoms with E-state index in [4.69, 9.17) is 37.9 Å². The van der Waals surface area contributed by atoms with Gasteiger partial charge in [0.05, 0.1) is 92.3 Å². The second-order valence-electron chi connectivity index (χ2n) is 12.0. The first kappa shape index (κ1) is 44.5. The number of ether oxygens (including phenoxy) is 9. The summed E-state index contributed by atoms with van der Waals surface area (Å²) in [6.45, 7) is 4.93. The van der Waals surface area contributed by atoms with E-state index < -0.39 is 53.3 Å². The monoisotopic (exact) mass is 799 g/mol. The van der Waals surface area contributed by atoms with E-state index in [1.165, 1.54) is 22.3 Å². The van der Waals surface area contributed by atoms with Gasteiger partial charge in [0, 0.05) is 19.1 Å². The Morgan fingerprint density at radius 3 is 1.38 bits per heavy atom. The molecule has 3 aromatic carbocycles. The standard InChI is InChI=1S/C39H46F5NO11/c40-33-34(41)36(43)38(37(44)35(33)42)56-32(46)10-13-49-15-17-51-19-21-53-23-25-54-24-22-52-20-18-50-16-14-48-12-5-11-45-39(47)55-26-31-29-8-3-1-6-27(29)28-7-2-4-9-30(28)31/h1-4,6-9,31H,5,10-26H2,(H,45,47). The van der Waals surface area contributed by atoms with E-state index in [0.29, 0.717) is 79.0 Å². The molecule has 1 aliphatic carbocycles. The molecule has 0 aliphatic heterocycles. The van der Waals surface area contributed by atoms with E-state index in [1.54, 1.807) is 0 Å². The summed E-state index contributed by atoms with van der Waals surface area (Å²) in [6, 6.07) is 16.4. The number of benzene rings is 3. The molecule has 1 amide bonds. The first-order valence-corrected chi connectivity index (χ1v) is 18.1. The average molecular weight is 800 g/mol. The third kappa shape index (κ3) is 14.4. The van der Waals surface area contributed by atoms with Gasteiger partial charge in [0.25, 0.3) is 0 Å². The van der Waals surface area contributed by atoms with Gasteiger partial charge in [-0.05, 0) is 28.7 Å². The molecule has 0 atom stereocenters. The lowest BCUT2D eigenvalue weighted by atomic mass is 9.98. The van der Waals surface area contributed by atoms with Crippen molar-refractivity contribution in [1.82, 2.24) is 5.32 Å². The lowest BCUT2D eigenvalue weighted by Crippen LogP contribution is -2.27. The molecule has 17 heteroatoms. The van der Waals surface area contributed by atoms with Crippen LogP contribution in [0.4, 0.5) is 26.7 Å². The summed E-state index contributed by atoms with van der Waals surface area (Å²) in [5.41, 5.74) is 4.71. The van der Waals surface area contributed by atoms with Crippen LogP contribution in [0.25, 0.3) is 11.1 Å². The maximum Gasteiger partial charge on any atom is 0.407 e. The fraction of sp³-hybridized carbons (Fsp3) is 0.487. The SMILES string of the molecule is O=C(CCOCCOCCOCCOCCOCCOCCOCCCNC(=O)OCC1c2ccccc2-c2ccccc21)Oc1c(F)c(F)c(F)c(F)c1F. The number of hydrogen-bond acceptors (Lipinski definition) is 11. The number of rotatable bonds is 28. The fourth-order valence-electron chi connectivity index (χ4n) is 5.43. The normalized spacial score (nSPS) is 12.1. The Balaban J connectivity index is 0.838. The van der Waals surface area contributed by atoms with Crippen LogP contribution in [0.2, 0.25) is 0 Å².